The van der Waals surface area contributed by atoms with Crippen LogP contribution in [-0.4, -0.2) is 34.8 Å². The topological polar surface area (TPSA) is 102 Å². The fourth-order valence-electron chi connectivity index (χ4n) is 2.34. The van der Waals surface area contributed by atoms with E-state index >= 15 is 0 Å². The van der Waals surface area contributed by atoms with Crippen molar-refractivity contribution in [3.05, 3.63) is 33.6 Å². The second-order valence-corrected chi connectivity index (χ2v) is 4.96. The molecule has 1 aromatic rings. The number of nitro groups is 1. The predicted octanol–water partition coefficient (Wildman–Crippen LogP) is 2.41. The summed E-state index contributed by atoms with van der Waals surface area (Å²) in [5.41, 5.74) is -1.34. The normalized spacial score (nSPS) is 21.8. The summed E-state index contributed by atoms with van der Waals surface area (Å²) in [4.78, 5) is 20.9. The fraction of sp³-hybridized carbons (Fsp3) is 0.462. The van der Waals surface area contributed by atoms with E-state index in [4.69, 9.17) is 9.84 Å². The number of rotatable bonds is 4. The van der Waals surface area contributed by atoms with Crippen LogP contribution in [0.25, 0.3) is 0 Å². The van der Waals surface area contributed by atoms with Gasteiger partial charge < -0.3 is 15.2 Å². The Morgan fingerprint density at radius 2 is 2.29 bits per heavy atom. The number of hydrogen-bond acceptors (Lipinski definition) is 5. The summed E-state index contributed by atoms with van der Waals surface area (Å²) in [6.45, 7) is 2.42. The number of nitro benzene ring substituents is 1. The number of benzene rings is 1. The molecular weight excluding hydrogens is 283 g/mol. The van der Waals surface area contributed by atoms with Crippen LogP contribution in [0.1, 0.15) is 30.1 Å². The Labute approximate surface area is 119 Å². The lowest BCUT2D eigenvalue weighted by Gasteiger charge is -2.28. The summed E-state index contributed by atoms with van der Waals surface area (Å²) >= 11 is 0. The molecule has 0 saturated carbocycles. The Morgan fingerprint density at radius 3 is 2.86 bits per heavy atom. The first-order valence-corrected chi connectivity index (χ1v) is 6.48. The highest BCUT2D eigenvalue weighted by molar-refractivity contribution is 5.93. The summed E-state index contributed by atoms with van der Waals surface area (Å²) in [7, 11) is 0. The Morgan fingerprint density at radius 1 is 1.57 bits per heavy atom. The summed E-state index contributed by atoms with van der Waals surface area (Å²) in [6, 6.07) is 1.54. The van der Waals surface area contributed by atoms with Gasteiger partial charge in [0.1, 0.15) is 5.56 Å². The molecule has 0 radical (unpaired) electrons. The summed E-state index contributed by atoms with van der Waals surface area (Å²) < 4.78 is 19.3. The van der Waals surface area contributed by atoms with Crippen molar-refractivity contribution in [3.63, 3.8) is 0 Å². The fourth-order valence-corrected chi connectivity index (χ4v) is 2.34. The third kappa shape index (κ3) is 3.46. The number of carboxylic acid groups (broad SMARTS) is 1. The molecule has 1 heterocycles. The van der Waals surface area contributed by atoms with E-state index in [1.165, 1.54) is 0 Å². The third-order valence-electron chi connectivity index (χ3n) is 3.36. The molecule has 1 aromatic carbocycles. The number of aromatic carboxylic acids is 1. The summed E-state index contributed by atoms with van der Waals surface area (Å²) in [6.07, 6.45) is 1.33. The lowest BCUT2D eigenvalue weighted by atomic mass is 10.0. The van der Waals surface area contributed by atoms with Crippen molar-refractivity contribution in [3.8, 4) is 0 Å². The molecule has 1 fully saturated rings. The third-order valence-corrected chi connectivity index (χ3v) is 3.36. The predicted molar refractivity (Wildman–Crippen MR) is 72.1 cm³/mol. The van der Waals surface area contributed by atoms with Crippen LogP contribution in [0.3, 0.4) is 0 Å². The minimum Gasteiger partial charge on any atom is -0.477 e. The van der Waals surface area contributed by atoms with E-state index < -0.39 is 28.0 Å². The molecule has 0 aliphatic carbocycles. The van der Waals surface area contributed by atoms with Gasteiger partial charge >= 0.3 is 5.97 Å². The van der Waals surface area contributed by atoms with Gasteiger partial charge in [0.15, 0.2) is 5.82 Å². The molecule has 1 aliphatic heterocycles. The van der Waals surface area contributed by atoms with Crippen LogP contribution >= 0.6 is 0 Å². The first-order chi connectivity index (χ1) is 9.88. The van der Waals surface area contributed by atoms with Crippen LogP contribution in [0.5, 0.6) is 0 Å². The zero-order valence-electron chi connectivity index (χ0n) is 11.3. The van der Waals surface area contributed by atoms with Crippen molar-refractivity contribution < 1.29 is 24.0 Å². The molecular formula is C13H15FN2O5. The van der Waals surface area contributed by atoms with Gasteiger partial charge in [0.25, 0.3) is 5.69 Å². The van der Waals surface area contributed by atoms with Gasteiger partial charge in [0, 0.05) is 12.6 Å². The number of nitrogens with one attached hydrogen (secondary N) is 1. The molecule has 114 valence electrons. The molecule has 2 atom stereocenters. The van der Waals surface area contributed by atoms with Crippen LogP contribution in [0.15, 0.2) is 12.1 Å². The standard InChI is InChI=1S/C13H15FN2O5/c1-7-4-8(2-3-21-7)15-11-5-9(13(17)18)12(16(19)20)6-10(11)14/h5-8,15H,2-4H2,1H3,(H,17,18). The second kappa shape index (κ2) is 6.04. The van der Waals surface area contributed by atoms with E-state index in [1.54, 1.807) is 0 Å². The first kappa shape index (κ1) is 15.2. The van der Waals surface area contributed by atoms with Crippen molar-refractivity contribution in [2.75, 3.05) is 11.9 Å². The maximum atomic E-state index is 13.9. The number of carboxylic acids is 1. The Balaban J connectivity index is 2.29. The van der Waals surface area contributed by atoms with Crippen LogP contribution in [-0.2, 0) is 4.74 Å². The largest absolute Gasteiger partial charge is 0.477 e. The molecule has 0 bridgehead atoms. The van der Waals surface area contributed by atoms with E-state index in [9.17, 15) is 19.3 Å². The lowest BCUT2D eigenvalue weighted by molar-refractivity contribution is -0.385. The van der Waals surface area contributed by atoms with Crippen LogP contribution in [0, 0.1) is 15.9 Å². The number of carbonyl (C=O) groups is 1. The minimum absolute atomic E-state index is 0.0244. The van der Waals surface area contributed by atoms with E-state index in [0.29, 0.717) is 25.5 Å². The average Bonchev–Trinajstić information content (AvgIpc) is 2.40. The van der Waals surface area contributed by atoms with Gasteiger partial charge in [-0.05, 0) is 25.8 Å². The average molecular weight is 298 g/mol. The molecule has 1 saturated heterocycles. The Bertz CT molecular complexity index is 578. The molecule has 0 amide bonds. The zero-order chi connectivity index (χ0) is 15.6. The molecule has 0 aromatic heterocycles. The van der Waals surface area contributed by atoms with Gasteiger partial charge in [-0.15, -0.1) is 0 Å². The van der Waals surface area contributed by atoms with Gasteiger partial charge in [0.2, 0.25) is 0 Å². The van der Waals surface area contributed by atoms with E-state index in [1.807, 2.05) is 6.92 Å². The van der Waals surface area contributed by atoms with Crippen molar-refractivity contribution >= 4 is 17.3 Å². The summed E-state index contributed by atoms with van der Waals surface area (Å²) in [5, 5.41) is 22.7. The molecule has 2 rings (SSSR count). The number of hydrogen-bond donors (Lipinski definition) is 2. The van der Waals surface area contributed by atoms with Gasteiger partial charge in [-0.1, -0.05) is 0 Å². The molecule has 1 aliphatic rings. The molecule has 7 nitrogen and oxygen atoms in total. The van der Waals surface area contributed by atoms with E-state index in [-0.39, 0.29) is 17.8 Å². The van der Waals surface area contributed by atoms with Crippen molar-refractivity contribution in [1.29, 1.82) is 0 Å². The highest BCUT2D eigenvalue weighted by Gasteiger charge is 2.25. The maximum absolute atomic E-state index is 13.9. The van der Waals surface area contributed by atoms with Crippen molar-refractivity contribution in [2.24, 2.45) is 0 Å². The minimum atomic E-state index is -1.47. The quantitative estimate of drug-likeness (QED) is 0.653. The highest BCUT2D eigenvalue weighted by Crippen LogP contribution is 2.28. The number of nitrogens with zero attached hydrogens (tertiary/aromatic N) is 1. The van der Waals surface area contributed by atoms with Gasteiger partial charge in [0.05, 0.1) is 22.8 Å². The van der Waals surface area contributed by atoms with Crippen LogP contribution < -0.4 is 5.32 Å². The number of ether oxygens (including phenoxy) is 1. The first-order valence-electron chi connectivity index (χ1n) is 6.48. The van der Waals surface area contributed by atoms with Crippen molar-refractivity contribution in [2.45, 2.75) is 31.9 Å². The van der Waals surface area contributed by atoms with Gasteiger partial charge in [-0.25, -0.2) is 9.18 Å². The Hall–Kier alpha value is -2.22. The van der Waals surface area contributed by atoms with E-state index in [2.05, 4.69) is 5.32 Å². The SMILES string of the molecule is CC1CC(Nc2cc(C(=O)O)c([N+](=O)[O-])cc2F)CCO1. The van der Waals surface area contributed by atoms with Gasteiger partial charge in [-0.2, -0.15) is 0 Å². The monoisotopic (exact) mass is 298 g/mol. The molecule has 21 heavy (non-hydrogen) atoms. The maximum Gasteiger partial charge on any atom is 0.342 e. The Kier molecular flexibility index (Phi) is 4.37. The van der Waals surface area contributed by atoms with E-state index in [0.717, 1.165) is 6.07 Å². The highest BCUT2D eigenvalue weighted by atomic mass is 19.1. The van der Waals surface area contributed by atoms with Gasteiger partial charge in [-0.3, -0.25) is 10.1 Å². The van der Waals surface area contributed by atoms with Crippen LogP contribution in [0.4, 0.5) is 15.8 Å². The molecule has 8 heteroatoms. The second-order valence-electron chi connectivity index (χ2n) is 4.96. The molecule has 2 unspecified atom stereocenters. The van der Waals surface area contributed by atoms with Crippen LogP contribution in [0.2, 0.25) is 0 Å². The smallest absolute Gasteiger partial charge is 0.342 e. The lowest BCUT2D eigenvalue weighted by Crippen LogP contribution is -2.32. The summed E-state index contributed by atoms with van der Waals surface area (Å²) in [5.74, 6) is -2.31. The van der Waals surface area contributed by atoms with Crippen molar-refractivity contribution in [1.82, 2.24) is 0 Å². The molecule has 2 N–H and O–H groups in total. The molecule has 0 spiro atoms. The zero-order valence-corrected chi connectivity index (χ0v) is 11.3. The number of anilines is 1. The number of halogens is 1.